The Hall–Kier alpha value is -1.42. The summed E-state index contributed by atoms with van der Waals surface area (Å²) in [6, 6.07) is 4.43. The van der Waals surface area contributed by atoms with E-state index in [4.69, 9.17) is 11.1 Å². The molecule has 0 saturated carbocycles. The molecule has 0 aliphatic heterocycles. The molecule has 3 nitrogen and oxygen atoms in total. The number of benzene rings is 1. The molecule has 0 fully saturated rings. The van der Waals surface area contributed by atoms with Crippen molar-refractivity contribution in [1.82, 2.24) is 4.90 Å². The smallest absolute Gasteiger partial charge is 0.123 e. The van der Waals surface area contributed by atoms with E-state index in [2.05, 4.69) is 25.7 Å². The van der Waals surface area contributed by atoms with Gasteiger partial charge in [-0.3, -0.25) is 5.41 Å². The molecule has 0 aromatic heterocycles. The molecule has 3 N–H and O–H groups in total. The molecule has 0 bridgehead atoms. The summed E-state index contributed by atoms with van der Waals surface area (Å²) in [5, 5.41) is 7.49. The maximum absolute atomic E-state index is 13.2. The van der Waals surface area contributed by atoms with Crippen LogP contribution in [0.1, 0.15) is 31.9 Å². The summed E-state index contributed by atoms with van der Waals surface area (Å²) in [5.74, 6) is -0.448. The Morgan fingerprint density at radius 3 is 2.50 bits per heavy atom. The van der Waals surface area contributed by atoms with Gasteiger partial charge >= 0.3 is 0 Å². The van der Waals surface area contributed by atoms with E-state index in [9.17, 15) is 4.39 Å². The zero-order valence-corrected chi connectivity index (χ0v) is 11.5. The molecule has 0 atom stereocenters. The third kappa shape index (κ3) is 4.45. The van der Waals surface area contributed by atoms with E-state index < -0.39 is 0 Å². The molecule has 0 radical (unpaired) electrons. The first-order valence-corrected chi connectivity index (χ1v) is 6.00. The maximum Gasteiger partial charge on any atom is 0.123 e. The van der Waals surface area contributed by atoms with Crippen molar-refractivity contribution in [3.8, 4) is 0 Å². The van der Waals surface area contributed by atoms with Crippen molar-refractivity contribution in [3.63, 3.8) is 0 Å². The Kier molecular flexibility index (Phi) is 4.46. The van der Waals surface area contributed by atoms with E-state index in [0.29, 0.717) is 12.1 Å². The minimum absolute atomic E-state index is 0.0892. The standard InChI is InChI=1S/C14H22FN3/c1-14(2,3)9-18(4)8-10-5-6-11(15)7-12(10)13(16)17/h5-7H,8-9H2,1-4H3,(H3,16,17). The van der Waals surface area contributed by atoms with Gasteiger partial charge in [-0.2, -0.15) is 0 Å². The van der Waals surface area contributed by atoms with Crippen LogP contribution in [0.15, 0.2) is 18.2 Å². The number of rotatable bonds is 4. The molecule has 4 heteroatoms. The molecule has 1 aromatic carbocycles. The van der Waals surface area contributed by atoms with Gasteiger partial charge in [0.2, 0.25) is 0 Å². The zero-order valence-electron chi connectivity index (χ0n) is 11.5. The van der Waals surface area contributed by atoms with Gasteiger partial charge < -0.3 is 10.6 Å². The van der Waals surface area contributed by atoms with Crippen LogP contribution in [0.25, 0.3) is 0 Å². The number of nitrogens with one attached hydrogen (secondary N) is 1. The second-order valence-corrected chi connectivity index (χ2v) is 5.95. The van der Waals surface area contributed by atoms with Crippen molar-refractivity contribution in [2.24, 2.45) is 11.1 Å². The minimum atomic E-state index is -0.359. The van der Waals surface area contributed by atoms with Crippen molar-refractivity contribution in [2.75, 3.05) is 13.6 Å². The lowest BCUT2D eigenvalue weighted by Crippen LogP contribution is -2.29. The van der Waals surface area contributed by atoms with Crippen LogP contribution in [0.5, 0.6) is 0 Å². The first-order valence-electron chi connectivity index (χ1n) is 6.00. The Morgan fingerprint density at radius 2 is 2.00 bits per heavy atom. The molecule has 0 spiro atoms. The second-order valence-electron chi connectivity index (χ2n) is 5.95. The summed E-state index contributed by atoms with van der Waals surface area (Å²) in [6.07, 6.45) is 0. The lowest BCUT2D eigenvalue weighted by molar-refractivity contribution is 0.220. The monoisotopic (exact) mass is 251 g/mol. The number of hydrogen-bond donors (Lipinski definition) is 2. The lowest BCUT2D eigenvalue weighted by Gasteiger charge is -2.27. The molecule has 100 valence electrons. The van der Waals surface area contributed by atoms with Crippen molar-refractivity contribution < 1.29 is 4.39 Å². The van der Waals surface area contributed by atoms with Crippen LogP contribution in [0.3, 0.4) is 0 Å². The fourth-order valence-corrected chi connectivity index (χ4v) is 2.09. The highest BCUT2D eigenvalue weighted by Gasteiger charge is 2.15. The topological polar surface area (TPSA) is 53.1 Å². The first-order chi connectivity index (χ1) is 8.19. The summed E-state index contributed by atoms with van der Waals surface area (Å²) >= 11 is 0. The van der Waals surface area contributed by atoms with Gasteiger partial charge in [0.05, 0.1) is 0 Å². The average molecular weight is 251 g/mol. The Bertz CT molecular complexity index is 435. The first kappa shape index (κ1) is 14.6. The third-order valence-corrected chi connectivity index (χ3v) is 2.55. The molecular weight excluding hydrogens is 229 g/mol. The second kappa shape index (κ2) is 5.48. The van der Waals surface area contributed by atoms with E-state index >= 15 is 0 Å². The SMILES string of the molecule is CN(Cc1ccc(F)cc1C(=N)N)CC(C)(C)C. The van der Waals surface area contributed by atoms with Crippen LogP contribution in [-0.4, -0.2) is 24.3 Å². The summed E-state index contributed by atoms with van der Waals surface area (Å²) in [5.41, 5.74) is 7.05. The van der Waals surface area contributed by atoms with Gasteiger partial charge in [-0.05, 0) is 30.2 Å². The third-order valence-electron chi connectivity index (χ3n) is 2.55. The minimum Gasteiger partial charge on any atom is -0.384 e. The Labute approximate surface area is 108 Å². The predicted octanol–water partition coefficient (Wildman–Crippen LogP) is 2.59. The van der Waals surface area contributed by atoms with Gasteiger partial charge in [-0.25, -0.2) is 4.39 Å². The van der Waals surface area contributed by atoms with Crippen LogP contribution in [0, 0.1) is 16.6 Å². The lowest BCUT2D eigenvalue weighted by atomic mass is 9.96. The van der Waals surface area contributed by atoms with E-state index in [1.54, 1.807) is 6.07 Å². The van der Waals surface area contributed by atoms with Gasteiger partial charge in [0.15, 0.2) is 0 Å². The molecule has 18 heavy (non-hydrogen) atoms. The number of nitrogen functional groups attached to an aromatic ring is 1. The van der Waals surface area contributed by atoms with Crippen LogP contribution in [0.2, 0.25) is 0 Å². The van der Waals surface area contributed by atoms with Crippen LogP contribution < -0.4 is 5.73 Å². The van der Waals surface area contributed by atoms with Crippen molar-refractivity contribution in [2.45, 2.75) is 27.3 Å². The largest absolute Gasteiger partial charge is 0.384 e. The number of amidine groups is 1. The molecular formula is C14H22FN3. The highest BCUT2D eigenvalue weighted by molar-refractivity contribution is 5.96. The van der Waals surface area contributed by atoms with Crippen molar-refractivity contribution >= 4 is 5.84 Å². The summed E-state index contributed by atoms with van der Waals surface area (Å²) in [7, 11) is 2.01. The number of nitrogens with zero attached hydrogens (tertiary/aromatic N) is 1. The average Bonchev–Trinajstić information content (AvgIpc) is 2.17. The van der Waals surface area contributed by atoms with Crippen molar-refractivity contribution in [1.29, 1.82) is 5.41 Å². The normalized spacial score (nSPS) is 11.9. The van der Waals surface area contributed by atoms with Crippen LogP contribution >= 0.6 is 0 Å². The maximum atomic E-state index is 13.2. The summed E-state index contributed by atoms with van der Waals surface area (Å²) in [4.78, 5) is 2.15. The van der Waals surface area contributed by atoms with E-state index in [-0.39, 0.29) is 17.1 Å². The van der Waals surface area contributed by atoms with Gasteiger partial charge in [-0.1, -0.05) is 26.8 Å². The van der Waals surface area contributed by atoms with Gasteiger partial charge in [0, 0.05) is 18.7 Å². The molecule has 0 amide bonds. The molecule has 1 aromatic rings. The molecule has 0 aliphatic rings. The van der Waals surface area contributed by atoms with Crippen LogP contribution in [-0.2, 0) is 6.54 Å². The van der Waals surface area contributed by atoms with E-state index in [1.807, 2.05) is 7.05 Å². The van der Waals surface area contributed by atoms with E-state index in [0.717, 1.165) is 12.1 Å². The number of nitrogens with two attached hydrogens (primary N) is 1. The fraction of sp³-hybridized carbons (Fsp3) is 0.500. The Morgan fingerprint density at radius 1 is 1.39 bits per heavy atom. The van der Waals surface area contributed by atoms with Gasteiger partial charge in [0.25, 0.3) is 0 Å². The zero-order chi connectivity index (χ0) is 13.9. The van der Waals surface area contributed by atoms with Crippen molar-refractivity contribution in [3.05, 3.63) is 35.1 Å². The molecule has 0 saturated heterocycles. The predicted molar refractivity (Wildman–Crippen MR) is 73.2 cm³/mol. The highest BCUT2D eigenvalue weighted by Crippen LogP contribution is 2.18. The molecule has 1 rings (SSSR count). The molecule has 0 aliphatic carbocycles. The molecule has 0 unspecified atom stereocenters. The highest BCUT2D eigenvalue weighted by atomic mass is 19.1. The number of halogens is 1. The van der Waals surface area contributed by atoms with E-state index in [1.165, 1.54) is 12.1 Å². The molecule has 0 heterocycles. The number of hydrogen-bond acceptors (Lipinski definition) is 2. The van der Waals surface area contributed by atoms with Crippen LogP contribution in [0.4, 0.5) is 4.39 Å². The summed E-state index contributed by atoms with van der Waals surface area (Å²) < 4.78 is 13.2. The van der Waals surface area contributed by atoms with Gasteiger partial charge in [-0.15, -0.1) is 0 Å². The van der Waals surface area contributed by atoms with Gasteiger partial charge in [0.1, 0.15) is 11.7 Å². The quantitative estimate of drug-likeness (QED) is 0.638. The fourth-order valence-electron chi connectivity index (χ4n) is 2.09. The Balaban J connectivity index is 2.87. The summed E-state index contributed by atoms with van der Waals surface area (Å²) in [6.45, 7) is 8.08.